The third kappa shape index (κ3) is 47.3. The van der Waals surface area contributed by atoms with Crippen LogP contribution in [0.5, 0.6) is 0 Å². The van der Waals surface area contributed by atoms with Gasteiger partial charge in [-0.25, -0.2) is 4.57 Å². The van der Waals surface area contributed by atoms with Gasteiger partial charge in [-0.2, -0.15) is 0 Å². The zero-order valence-electron chi connectivity index (χ0n) is 39.4. The van der Waals surface area contributed by atoms with Gasteiger partial charge in [-0.15, -0.1) is 0 Å². The number of phosphoric acid groups is 1. The van der Waals surface area contributed by atoms with Crippen LogP contribution in [0.2, 0.25) is 0 Å². The van der Waals surface area contributed by atoms with Crippen molar-refractivity contribution in [2.24, 2.45) is 5.73 Å². The van der Waals surface area contributed by atoms with Crippen LogP contribution in [-0.2, 0) is 32.7 Å². The first-order valence-corrected chi connectivity index (χ1v) is 26.6. The van der Waals surface area contributed by atoms with Gasteiger partial charge < -0.3 is 20.1 Å². The normalized spacial score (nSPS) is 13.6. The number of ether oxygens (including phenoxy) is 2. The first kappa shape index (κ1) is 59.0. The number of esters is 2. The Morgan fingerprint density at radius 2 is 0.869 bits per heavy atom. The summed E-state index contributed by atoms with van der Waals surface area (Å²) in [6.45, 7) is 3.67. The number of allylic oxidation sites excluding steroid dienone is 8. The molecule has 356 valence electrons. The third-order valence-electron chi connectivity index (χ3n) is 10.7. The maximum atomic E-state index is 12.6. The van der Waals surface area contributed by atoms with Gasteiger partial charge in [-0.05, 0) is 51.4 Å². The largest absolute Gasteiger partial charge is 0.472 e. The Balaban J connectivity index is 4.08. The Morgan fingerprint density at radius 1 is 0.492 bits per heavy atom. The zero-order valence-corrected chi connectivity index (χ0v) is 40.3. The van der Waals surface area contributed by atoms with Crippen molar-refractivity contribution in [3.05, 3.63) is 48.6 Å². The molecule has 0 aromatic heterocycles. The molecule has 0 spiro atoms. The molecule has 3 N–H and O–H groups in total. The summed E-state index contributed by atoms with van der Waals surface area (Å²) in [6, 6.07) is 0. The van der Waals surface area contributed by atoms with Crippen molar-refractivity contribution in [1.82, 2.24) is 0 Å². The van der Waals surface area contributed by atoms with Crippen molar-refractivity contribution in [1.29, 1.82) is 0 Å². The van der Waals surface area contributed by atoms with Crippen LogP contribution < -0.4 is 5.73 Å². The average Bonchev–Trinajstić information content (AvgIpc) is 3.25. The third-order valence-corrected chi connectivity index (χ3v) is 11.7. The molecule has 0 heterocycles. The second-order valence-corrected chi connectivity index (χ2v) is 18.1. The van der Waals surface area contributed by atoms with E-state index in [0.717, 1.165) is 38.5 Å². The second-order valence-electron chi connectivity index (χ2n) is 16.7. The molecule has 0 amide bonds. The molecule has 0 fully saturated rings. The molecule has 9 nitrogen and oxygen atoms in total. The summed E-state index contributed by atoms with van der Waals surface area (Å²) in [4.78, 5) is 35.0. The van der Waals surface area contributed by atoms with Crippen molar-refractivity contribution >= 4 is 19.8 Å². The van der Waals surface area contributed by atoms with E-state index >= 15 is 0 Å². The van der Waals surface area contributed by atoms with Crippen LogP contribution in [-0.4, -0.2) is 49.3 Å². The molecule has 0 rings (SSSR count). The van der Waals surface area contributed by atoms with E-state index in [-0.39, 0.29) is 32.6 Å². The highest BCUT2D eigenvalue weighted by Crippen LogP contribution is 2.43. The van der Waals surface area contributed by atoms with Gasteiger partial charge in [0.1, 0.15) is 6.61 Å². The molecule has 0 saturated heterocycles. The van der Waals surface area contributed by atoms with Gasteiger partial charge in [0.25, 0.3) is 0 Å². The van der Waals surface area contributed by atoms with Crippen LogP contribution in [0.1, 0.15) is 232 Å². The minimum Gasteiger partial charge on any atom is -0.462 e. The van der Waals surface area contributed by atoms with Crippen LogP contribution in [0.25, 0.3) is 0 Å². The number of unbranched alkanes of at least 4 members (excludes halogenated alkanes) is 26. The van der Waals surface area contributed by atoms with E-state index in [1.807, 2.05) is 6.08 Å². The summed E-state index contributed by atoms with van der Waals surface area (Å²) in [6.07, 6.45) is 55.9. The maximum absolute atomic E-state index is 12.6. The van der Waals surface area contributed by atoms with Gasteiger partial charge in [-0.3, -0.25) is 18.6 Å². The molecular formula is C51H94NO8P. The van der Waals surface area contributed by atoms with Crippen molar-refractivity contribution < 1.29 is 37.6 Å². The first-order chi connectivity index (χ1) is 29.8. The smallest absolute Gasteiger partial charge is 0.462 e. The van der Waals surface area contributed by atoms with Gasteiger partial charge in [-0.1, -0.05) is 217 Å². The van der Waals surface area contributed by atoms with Gasteiger partial charge >= 0.3 is 19.8 Å². The molecule has 0 aromatic rings. The number of carbonyl (C=O) groups is 2. The average molecular weight is 880 g/mol. The van der Waals surface area contributed by atoms with Gasteiger partial charge in [0.2, 0.25) is 0 Å². The Hall–Kier alpha value is -2.03. The summed E-state index contributed by atoms with van der Waals surface area (Å²) in [5, 5.41) is 0. The lowest BCUT2D eigenvalue weighted by Crippen LogP contribution is -2.29. The number of nitrogens with two attached hydrogens (primary N) is 1. The molecule has 0 aliphatic heterocycles. The number of rotatable bonds is 47. The second kappa shape index (κ2) is 47.4. The standard InChI is InChI=1S/C51H94NO8P/c1-3-5-7-9-11-13-15-17-19-21-22-23-24-25-26-28-29-31-33-35-37-39-41-43-50(53)57-47-49(48-59-61(55,56)58-46-45-52)60-51(54)44-42-40-38-36-34-32-30-27-20-18-16-14-12-10-8-6-4-2/h12,14,18,20,30,32,36,38,49H,3-11,13,15-17,19,21-29,31,33-35,37,39-48,52H2,1-2H3,(H,55,56)/b14-12+,20-18+,32-30+,38-36+/t49-/m0/s1. The highest BCUT2D eigenvalue weighted by Gasteiger charge is 2.26. The minimum absolute atomic E-state index is 0.0446. The van der Waals surface area contributed by atoms with Crippen LogP contribution >= 0.6 is 7.82 Å². The molecule has 1 unspecified atom stereocenters. The van der Waals surface area contributed by atoms with Crippen molar-refractivity contribution in [2.75, 3.05) is 26.4 Å². The molecule has 0 saturated carbocycles. The van der Waals surface area contributed by atoms with Gasteiger partial charge in [0.05, 0.1) is 13.2 Å². The summed E-state index contributed by atoms with van der Waals surface area (Å²) < 4.78 is 32.8. The zero-order chi connectivity index (χ0) is 44.6. The van der Waals surface area contributed by atoms with Gasteiger partial charge in [0.15, 0.2) is 6.10 Å². The Labute approximate surface area is 375 Å². The summed E-state index contributed by atoms with van der Waals surface area (Å²) in [5.74, 6) is -0.886. The van der Waals surface area contributed by atoms with E-state index in [0.29, 0.717) is 12.8 Å². The van der Waals surface area contributed by atoms with Crippen molar-refractivity contribution in [3.63, 3.8) is 0 Å². The fraction of sp³-hybridized carbons (Fsp3) is 0.804. The summed E-state index contributed by atoms with van der Waals surface area (Å²) in [5.41, 5.74) is 5.36. The highest BCUT2D eigenvalue weighted by atomic mass is 31.2. The van der Waals surface area contributed by atoms with E-state index in [1.54, 1.807) is 0 Å². The Bertz CT molecular complexity index is 1140. The Kier molecular flexibility index (Phi) is 45.9. The molecule has 2 atom stereocenters. The van der Waals surface area contributed by atoms with Crippen molar-refractivity contribution in [3.8, 4) is 0 Å². The fourth-order valence-corrected chi connectivity index (χ4v) is 7.75. The van der Waals surface area contributed by atoms with Crippen LogP contribution in [0.4, 0.5) is 0 Å². The summed E-state index contributed by atoms with van der Waals surface area (Å²) >= 11 is 0. The molecule has 0 aliphatic rings. The monoisotopic (exact) mass is 880 g/mol. The number of phosphoric ester groups is 1. The van der Waals surface area contributed by atoms with Crippen LogP contribution in [0.15, 0.2) is 48.6 Å². The highest BCUT2D eigenvalue weighted by molar-refractivity contribution is 7.47. The molecule has 0 aromatic carbocycles. The first-order valence-electron chi connectivity index (χ1n) is 25.1. The molecule has 61 heavy (non-hydrogen) atoms. The lowest BCUT2D eigenvalue weighted by Gasteiger charge is -2.19. The number of hydrogen-bond donors (Lipinski definition) is 2. The van der Waals surface area contributed by atoms with E-state index in [1.165, 1.54) is 154 Å². The predicted octanol–water partition coefficient (Wildman–Crippen LogP) is 15.1. The van der Waals surface area contributed by atoms with E-state index in [2.05, 4.69) is 56.4 Å². The number of hydrogen-bond acceptors (Lipinski definition) is 8. The van der Waals surface area contributed by atoms with Crippen LogP contribution in [0.3, 0.4) is 0 Å². The van der Waals surface area contributed by atoms with Crippen LogP contribution in [0, 0.1) is 0 Å². The molecule has 10 heteroatoms. The van der Waals surface area contributed by atoms with Crippen molar-refractivity contribution in [2.45, 2.75) is 238 Å². The quantitative estimate of drug-likeness (QED) is 0.0265. The maximum Gasteiger partial charge on any atom is 0.472 e. The van der Waals surface area contributed by atoms with E-state index in [4.69, 9.17) is 24.3 Å². The van der Waals surface area contributed by atoms with Gasteiger partial charge in [0, 0.05) is 19.4 Å². The van der Waals surface area contributed by atoms with E-state index in [9.17, 15) is 19.0 Å². The SMILES string of the molecule is CCCCC/C=C/C/C=C/C/C=C/C/C=C/CCCC(=O)O[C@@H](COC(=O)CCCCCCCCCCCCCCCCCCCCCCCCC)COP(=O)(O)OCCN. The fourth-order valence-electron chi connectivity index (χ4n) is 6.98. The number of carbonyl (C=O) groups excluding carboxylic acids is 2. The molecule has 0 aliphatic carbocycles. The topological polar surface area (TPSA) is 134 Å². The predicted molar refractivity (Wildman–Crippen MR) is 257 cm³/mol. The minimum atomic E-state index is -4.40. The Morgan fingerprint density at radius 3 is 1.31 bits per heavy atom. The van der Waals surface area contributed by atoms with E-state index < -0.39 is 32.5 Å². The summed E-state index contributed by atoms with van der Waals surface area (Å²) in [7, 11) is -4.40. The lowest BCUT2D eigenvalue weighted by atomic mass is 10.0. The lowest BCUT2D eigenvalue weighted by molar-refractivity contribution is -0.161. The molecular weight excluding hydrogens is 786 g/mol. The molecule has 0 bridgehead atoms. The molecule has 0 radical (unpaired) electrons.